The number of para-hydroxylation sites is 2. The molecule has 1 aliphatic rings. The monoisotopic (exact) mass is 276 g/mol. The van der Waals surface area contributed by atoms with Crippen molar-refractivity contribution >= 4 is 23.2 Å². The number of rotatable bonds is 3. The predicted octanol–water partition coefficient (Wildman–Crippen LogP) is 3.08. The summed E-state index contributed by atoms with van der Waals surface area (Å²) >= 11 is 0. The molecule has 0 radical (unpaired) electrons. The first-order chi connectivity index (χ1) is 10.3. The Kier molecular flexibility index (Phi) is 3.40. The van der Waals surface area contributed by atoms with Gasteiger partial charge in [0.05, 0.1) is 0 Å². The summed E-state index contributed by atoms with van der Waals surface area (Å²) in [5.41, 5.74) is 3.05. The molecule has 1 heterocycles. The number of ether oxygens (including phenoxy) is 1. The van der Waals surface area contributed by atoms with Crippen LogP contribution >= 0.6 is 0 Å². The topological polar surface area (TPSA) is 62.1 Å². The first-order valence-electron chi connectivity index (χ1n) is 6.51. The van der Waals surface area contributed by atoms with Gasteiger partial charge in [0, 0.05) is 22.4 Å². The van der Waals surface area contributed by atoms with Gasteiger partial charge in [-0.1, -0.05) is 36.4 Å². The summed E-state index contributed by atoms with van der Waals surface area (Å²) in [4.78, 5) is 12.1. The molecule has 0 saturated carbocycles. The molecule has 1 aliphatic heterocycles. The number of anilines is 1. The second-order valence-corrected chi connectivity index (χ2v) is 4.54. The molecule has 21 heavy (non-hydrogen) atoms. The Morgan fingerprint density at radius 2 is 1.90 bits per heavy atom. The third kappa shape index (κ3) is 2.49. The number of hydrogen-bond acceptors (Lipinski definition) is 3. The molecule has 0 atom stereocenters. The number of fused-ring (bicyclic) bond motifs is 1. The van der Waals surface area contributed by atoms with E-state index in [2.05, 4.69) is 5.32 Å². The normalized spacial score (nSPS) is 14.4. The fraction of sp³-hybridized carbons (Fsp3) is 0.0588. The standard InChI is InChI=1S/C17H12N2O2/c18-9-10-21-16-8-4-1-5-12(16)11-14-13-6-2-3-7-15(13)19-17(14)20/h1-8,11H,10H2,(H,19,20)/b14-11-. The molecule has 2 aromatic rings. The number of hydrogen-bond donors (Lipinski definition) is 1. The Hall–Kier alpha value is -3.06. The maximum atomic E-state index is 12.1. The molecule has 0 bridgehead atoms. The lowest BCUT2D eigenvalue weighted by molar-refractivity contribution is -0.110. The summed E-state index contributed by atoms with van der Waals surface area (Å²) in [5.74, 6) is 0.454. The zero-order valence-electron chi connectivity index (χ0n) is 11.2. The average molecular weight is 276 g/mol. The van der Waals surface area contributed by atoms with Crippen molar-refractivity contribution in [3.63, 3.8) is 0 Å². The van der Waals surface area contributed by atoms with Crippen LogP contribution in [0.2, 0.25) is 0 Å². The Labute approximate surface area is 122 Å². The van der Waals surface area contributed by atoms with E-state index in [1.807, 2.05) is 48.5 Å². The van der Waals surface area contributed by atoms with Gasteiger partial charge in [-0.05, 0) is 18.2 Å². The molecule has 0 aliphatic carbocycles. The van der Waals surface area contributed by atoms with Crippen LogP contribution in [0.1, 0.15) is 11.1 Å². The molecule has 0 aromatic heterocycles. The zero-order valence-corrected chi connectivity index (χ0v) is 11.2. The van der Waals surface area contributed by atoms with Gasteiger partial charge < -0.3 is 10.1 Å². The van der Waals surface area contributed by atoms with Crippen molar-refractivity contribution in [1.29, 1.82) is 5.26 Å². The Bertz CT molecular complexity index is 772. The lowest BCUT2D eigenvalue weighted by Gasteiger charge is -2.06. The molecule has 102 valence electrons. The third-order valence-electron chi connectivity index (χ3n) is 3.22. The van der Waals surface area contributed by atoms with Crippen LogP contribution < -0.4 is 10.1 Å². The minimum absolute atomic E-state index is 0.0248. The van der Waals surface area contributed by atoms with Crippen LogP contribution in [0, 0.1) is 11.3 Å². The van der Waals surface area contributed by atoms with Crippen LogP contribution in [0.5, 0.6) is 5.75 Å². The van der Waals surface area contributed by atoms with Gasteiger partial charge in [0.25, 0.3) is 5.91 Å². The first kappa shape index (κ1) is 12.9. The predicted molar refractivity (Wildman–Crippen MR) is 80.5 cm³/mol. The maximum Gasteiger partial charge on any atom is 0.256 e. The highest BCUT2D eigenvalue weighted by Gasteiger charge is 2.23. The highest BCUT2D eigenvalue weighted by atomic mass is 16.5. The van der Waals surface area contributed by atoms with E-state index >= 15 is 0 Å². The van der Waals surface area contributed by atoms with E-state index in [1.165, 1.54) is 0 Å². The molecule has 0 spiro atoms. The minimum atomic E-state index is -0.133. The smallest absolute Gasteiger partial charge is 0.256 e. The SMILES string of the molecule is N#CCOc1ccccc1/C=C1\C(=O)Nc2ccccc21. The van der Waals surface area contributed by atoms with Crippen molar-refractivity contribution in [2.24, 2.45) is 0 Å². The summed E-state index contributed by atoms with van der Waals surface area (Å²) in [6.45, 7) is -0.0248. The maximum absolute atomic E-state index is 12.1. The number of amides is 1. The number of nitrogens with one attached hydrogen (secondary N) is 1. The minimum Gasteiger partial charge on any atom is -0.478 e. The van der Waals surface area contributed by atoms with E-state index in [1.54, 1.807) is 12.1 Å². The van der Waals surface area contributed by atoms with E-state index in [9.17, 15) is 4.79 Å². The Balaban J connectivity index is 2.03. The van der Waals surface area contributed by atoms with Crippen molar-refractivity contribution in [3.05, 3.63) is 59.7 Å². The fourth-order valence-corrected chi connectivity index (χ4v) is 2.28. The molecule has 2 aromatic carbocycles. The van der Waals surface area contributed by atoms with Gasteiger partial charge in [-0.3, -0.25) is 4.79 Å². The number of carbonyl (C=O) groups excluding carboxylic acids is 1. The van der Waals surface area contributed by atoms with Crippen molar-refractivity contribution in [2.75, 3.05) is 11.9 Å². The summed E-state index contributed by atoms with van der Waals surface area (Å²) in [6.07, 6.45) is 1.79. The third-order valence-corrected chi connectivity index (χ3v) is 3.22. The molecular weight excluding hydrogens is 264 g/mol. The van der Waals surface area contributed by atoms with E-state index < -0.39 is 0 Å². The second kappa shape index (κ2) is 5.51. The van der Waals surface area contributed by atoms with Gasteiger partial charge in [-0.15, -0.1) is 0 Å². The van der Waals surface area contributed by atoms with Crippen LogP contribution in [-0.2, 0) is 4.79 Å². The number of nitriles is 1. The first-order valence-corrected chi connectivity index (χ1v) is 6.51. The summed E-state index contributed by atoms with van der Waals surface area (Å²) in [6, 6.07) is 16.8. The van der Waals surface area contributed by atoms with Crippen molar-refractivity contribution < 1.29 is 9.53 Å². The van der Waals surface area contributed by atoms with Crippen molar-refractivity contribution in [1.82, 2.24) is 0 Å². The van der Waals surface area contributed by atoms with Crippen molar-refractivity contribution in [2.45, 2.75) is 0 Å². The summed E-state index contributed by atoms with van der Waals surface area (Å²) in [5, 5.41) is 11.5. The number of nitrogens with zero attached hydrogens (tertiary/aromatic N) is 1. The molecule has 0 saturated heterocycles. The van der Waals surface area contributed by atoms with Crippen LogP contribution in [0.15, 0.2) is 48.5 Å². The summed E-state index contributed by atoms with van der Waals surface area (Å²) in [7, 11) is 0. The zero-order chi connectivity index (χ0) is 14.7. The van der Waals surface area contributed by atoms with Crippen LogP contribution in [0.25, 0.3) is 11.6 Å². The van der Waals surface area contributed by atoms with Crippen LogP contribution in [0.4, 0.5) is 5.69 Å². The van der Waals surface area contributed by atoms with E-state index in [0.717, 1.165) is 16.8 Å². The lowest BCUT2D eigenvalue weighted by Crippen LogP contribution is -2.03. The second-order valence-electron chi connectivity index (χ2n) is 4.54. The molecule has 0 fully saturated rings. The van der Waals surface area contributed by atoms with Gasteiger partial charge in [0.1, 0.15) is 11.8 Å². The van der Waals surface area contributed by atoms with E-state index in [4.69, 9.17) is 10.00 Å². The molecule has 0 unspecified atom stereocenters. The lowest BCUT2D eigenvalue weighted by atomic mass is 10.0. The van der Waals surface area contributed by atoms with Gasteiger partial charge in [0.15, 0.2) is 6.61 Å². The van der Waals surface area contributed by atoms with Gasteiger partial charge in [0.2, 0.25) is 0 Å². The average Bonchev–Trinajstić information content (AvgIpc) is 2.82. The van der Waals surface area contributed by atoms with Gasteiger partial charge in [-0.25, -0.2) is 0 Å². The molecule has 4 heteroatoms. The highest BCUT2D eigenvalue weighted by Crippen LogP contribution is 2.34. The molecule has 4 nitrogen and oxygen atoms in total. The number of carbonyl (C=O) groups is 1. The molecule has 1 N–H and O–H groups in total. The van der Waals surface area contributed by atoms with E-state index in [-0.39, 0.29) is 12.5 Å². The Morgan fingerprint density at radius 1 is 1.14 bits per heavy atom. The largest absolute Gasteiger partial charge is 0.478 e. The van der Waals surface area contributed by atoms with Crippen LogP contribution in [0.3, 0.4) is 0 Å². The van der Waals surface area contributed by atoms with Gasteiger partial charge >= 0.3 is 0 Å². The number of benzene rings is 2. The van der Waals surface area contributed by atoms with Gasteiger partial charge in [-0.2, -0.15) is 5.26 Å². The highest BCUT2D eigenvalue weighted by molar-refractivity contribution is 6.35. The Morgan fingerprint density at radius 3 is 2.76 bits per heavy atom. The van der Waals surface area contributed by atoms with E-state index in [0.29, 0.717) is 11.3 Å². The fourth-order valence-electron chi connectivity index (χ4n) is 2.28. The molecule has 1 amide bonds. The quantitative estimate of drug-likeness (QED) is 0.876. The molecule has 3 rings (SSSR count). The van der Waals surface area contributed by atoms with Crippen LogP contribution in [-0.4, -0.2) is 12.5 Å². The molecular formula is C17H12N2O2. The van der Waals surface area contributed by atoms with Crippen molar-refractivity contribution in [3.8, 4) is 11.8 Å². The summed E-state index contributed by atoms with van der Waals surface area (Å²) < 4.78 is 5.38.